The van der Waals surface area contributed by atoms with Crippen LogP contribution in [0.1, 0.15) is 30.3 Å². The lowest BCUT2D eigenvalue weighted by Gasteiger charge is -2.01. The first-order valence-corrected chi connectivity index (χ1v) is 6.07. The number of oxazole rings is 1. The molecule has 0 atom stereocenters. The maximum absolute atomic E-state index is 5.57. The minimum Gasteiger partial charge on any atom is -0.437 e. The number of unbranched alkanes of at least 4 members (excludes halogenated alkanes) is 1. The Hall–Kier alpha value is -1.91. The van der Waals surface area contributed by atoms with Gasteiger partial charge in [0.05, 0.1) is 5.69 Å². The van der Waals surface area contributed by atoms with E-state index in [1.165, 1.54) is 0 Å². The predicted molar refractivity (Wildman–Crippen MR) is 69.1 cm³/mol. The highest BCUT2D eigenvalue weighted by atomic mass is 16.4. The van der Waals surface area contributed by atoms with Crippen LogP contribution in [-0.2, 0) is 13.5 Å². The molecule has 96 valence electrons. The van der Waals surface area contributed by atoms with Crippen molar-refractivity contribution in [3.8, 4) is 11.6 Å². The number of aryl methyl sites for hydroxylation is 3. The fourth-order valence-electron chi connectivity index (χ4n) is 1.92. The van der Waals surface area contributed by atoms with E-state index in [0.717, 1.165) is 36.6 Å². The lowest BCUT2D eigenvalue weighted by atomic mass is 10.2. The van der Waals surface area contributed by atoms with Crippen molar-refractivity contribution in [3.63, 3.8) is 0 Å². The molecular formula is C13H18N4O. The number of aromatic nitrogens is 4. The molecule has 0 saturated heterocycles. The van der Waals surface area contributed by atoms with Crippen molar-refractivity contribution in [1.82, 2.24) is 19.7 Å². The summed E-state index contributed by atoms with van der Waals surface area (Å²) in [7, 11) is 1.95. The molecule has 0 unspecified atom stereocenters. The zero-order valence-electron chi connectivity index (χ0n) is 11.1. The lowest BCUT2D eigenvalue weighted by Crippen LogP contribution is -2.00. The molecule has 0 N–H and O–H groups in total. The van der Waals surface area contributed by atoms with Crippen molar-refractivity contribution in [2.24, 2.45) is 7.05 Å². The van der Waals surface area contributed by atoms with Gasteiger partial charge in [0.25, 0.3) is 0 Å². The molecule has 0 aliphatic carbocycles. The molecule has 2 rings (SSSR count). The maximum Gasteiger partial charge on any atom is 0.201 e. The van der Waals surface area contributed by atoms with Crippen molar-refractivity contribution < 1.29 is 4.42 Å². The Labute approximate surface area is 107 Å². The molecule has 0 saturated carbocycles. The van der Waals surface area contributed by atoms with Crippen LogP contribution in [0.25, 0.3) is 11.6 Å². The first-order valence-electron chi connectivity index (χ1n) is 6.07. The van der Waals surface area contributed by atoms with Crippen molar-refractivity contribution in [1.29, 1.82) is 0 Å². The number of nitrogens with zero attached hydrogens (tertiary/aromatic N) is 4. The normalized spacial score (nSPS) is 10.8. The summed E-state index contributed by atoms with van der Waals surface area (Å²) in [5, 5.41) is 8.40. The molecule has 0 radical (unpaired) electrons. The standard InChI is InChI=1S/C13H18N4O/c1-5-6-7-8-11-15-16-13(17(11)4)12-9(2)14-10(3)18-12/h5H,1,6-8H2,2-4H3. The summed E-state index contributed by atoms with van der Waals surface area (Å²) in [6, 6.07) is 0. The summed E-state index contributed by atoms with van der Waals surface area (Å²) in [6.07, 6.45) is 4.83. The van der Waals surface area contributed by atoms with E-state index in [1.54, 1.807) is 0 Å². The Bertz CT molecular complexity index is 553. The lowest BCUT2D eigenvalue weighted by molar-refractivity contribution is 0.527. The van der Waals surface area contributed by atoms with Gasteiger partial charge in [-0.05, 0) is 19.8 Å². The van der Waals surface area contributed by atoms with E-state index in [1.807, 2.05) is 31.5 Å². The van der Waals surface area contributed by atoms with Crippen molar-refractivity contribution in [3.05, 3.63) is 30.1 Å². The van der Waals surface area contributed by atoms with E-state index in [9.17, 15) is 0 Å². The van der Waals surface area contributed by atoms with Gasteiger partial charge in [-0.15, -0.1) is 16.8 Å². The second kappa shape index (κ2) is 5.16. The summed E-state index contributed by atoms with van der Waals surface area (Å²) in [4.78, 5) is 4.25. The van der Waals surface area contributed by atoms with Crippen LogP contribution < -0.4 is 0 Å². The highest BCUT2D eigenvalue weighted by molar-refractivity contribution is 5.50. The minimum atomic E-state index is 0.652. The van der Waals surface area contributed by atoms with Crippen LogP contribution >= 0.6 is 0 Å². The van der Waals surface area contributed by atoms with Gasteiger partial charge >= 0.3 is 0 Å². The highest BCUT2D eigenvalue weighted by Gasteiger charge is 2.17. The molecule has 0 aliphatic rings. The molecular weight excluding hydrogens is 228 g/mol. The molecule has 2 aromatic heterocycles. The Balaban J connectivity index is 2.25. The Kier molecular flexibility index (Phi) is 3.60. The van der Waals surface area contributed by atoms with Crippen LogP contribution in [0.4, 0.5) is 0 Å². The topological polar surface area (TPSA) is 56.7 Å². The number of allylic oxidation sites excluding steroid dienone is 1. The summed E-state index contributed by atoms with van der Waals surface area (Å²) in [5.74, 6) is 3.05. The second-order valence-electron chi connectivity index (χ2n) is 4.33. The Morgan fingerprint density at radius 3 is 2.72 bits per heavy atom. The largest absolute Gasteiger partial charge is 0.437 e. The van der Waals surface area contributed by atoms with Crippen LogP contribution in [0.15, 0.2) is 17.1 Å². The summed E-state index contributed by atoms with van der Waals surface area (Å²) >= 11 is 0. The third-order valence-electron chi connectivity index (χ3n) is 2.88. The molecule has 2 heterocycles. The fraction of sp³-hybridized carbons (Fsp3) is 0.462. The number of hydrogen-bond acceptors (Lipinski definition) is 4. The van der Waals surface area contributed by atoms with Gasteiger partial charge in [-0.3, -0.25) is 0 Å². The summed E-state index contributed by atoms with van der Waals surface area (Å²) in [5.41, 5.74) is 0.848. The van der Waals surface area contributed by atoms with Gasteiger partial charge in [-0.1, -0.05) is 6.08 Å². The number of rotatable bonds is 5. The third kappa shape index (κ3) is 2.34. The molecule has 5 nitrogen and oxygen atoms in total. The van der Waals surface area contributed by atoms with Gasteiger partial charge in [-0.25, -0.2) is 4.98 Å². The SMILES string of the molecule is C=CCCCc1nnc(-c2oc(C)nc2C)n1C. The van der Waals surface area contributed by atoms with Crippen LogP contribution in [0.2, 0.25) is 0 Å². The van der Waals surface area contributed by atoms with Crippen LogP contribution in [0.5, 0.6) is 0 Å². The van der Waals surface area contributed by atoms with Crippen molar-refractivity contribution in [2.75, 3.05) is 0 Å². The predicted octanol–water partition coefficient (Wildman–Crippen LogP) is 2.60. The quantitative estimate of drug-likeness (QED) is 0.601. The zero-order valence-corrected chi connectivity index (χ0v) is 11.1. The smallest absolute Gasteiger partial charge is 0.201 e. The molecule has 0 amide bonds. The third-order valence-corrected chi connectivity index (χ3v) is 2.88. The van der Waals surface area contributed by atoms with Gasteiger partial charge in [0.2, 0.25) is 5.82 Å². The highest BCUT2D eigenvalue weighted by Crippen LogP contribution is 2.22. The van der Waals surface area contributed by atoms with E-state index in [4.69, 9.17) is 4.42 Å². The van der Waals surface area contributed by atoms with Gasteiger partial charge < -0.3 is 8.98 Å². The van der Waals surface area contributed by atoms with E-state index < -0.39 is 0 Å². The summed E-state index contributed by atoms with van der Waals surface area (Å²) < 4.78 is 7.54. The van der Waals surface area contributed by atoms with E-state index >= 15 is 0 Å². The van der Waals surface area contributed by atoms with Gasteiger partial charge in [0.15, 0.2) is 11.7 Å². The minimum absolute atomic E-state index is 0.652. The van der Waals surface area contributed by atoms with Crippen molar-refractivity contribution >= 4 is 0 Å². The fourth-order valence-corrected chi connectivity index (χ4v) is 1.92. The van der Waals surface area contributed by atoms with Gasteiger partial charge in [0, 0.05) is 20.4 Å². The average Bonchev–Trinajstić information content (AvgIpc) is 2.83. The van der Waals surface area contributed by atoms with E-state index in [0.29, 0.717) is 11.7 Å². The van der Waals surface area contributed by atoms with E-state index in [2.05, 4.69) is 21.8 Å². The van der Waals surface area contributed by atoms with Crippen LogP contribution in [-0.4, -0.2) is 19.7 Å². The number of hydrogen-bond donors (Lipinski definition) is 0. The monoisotopic (exact) mass is 246 g/mol. The molecule has 5 heteroatoms. The molecule has 0 aliphatic heterocycles. The summed E-state index contributed by atoms with van der Waals surface area (Å²) in [6.45, 7) is 7.46. The molecule has 0 bridgehead atoms. The Morgan fingerprint density at radius 2 is 2.11 bits per heavy atom. The van der Waals surface area contributed by atoms with E-state index in [-0.39, 0.29) is 0 Å². The zero-order chi connectivity index (χ0) is 13.1. The molecule has 0 spiro atoms. The molecule has 2 aromatic rings. The maximum atomic E-state index is 5.57. The average molecular weight is 246 g/mol. The second-order valence-corrected chi connectivity index (χ2v) is 4.33. The van der Waals surface area contributed by atoms with Gasteiger partial charge in [-0.2, -0.15) is 0 Å². The molecule has 18 heavy (non-hydrogen) atoms. The van der Waals surface area contributed by atoms with Crippen LogP contribution in [0.3, 0.4) is 0 Å². The molecule has 0 aromatic carbocycles. The Morgan fingerprint density at radius 1 is 1.33 bits per heavy atom. The molecule has 0 fully saturated rings. The first-order chi connectivity index (χ1) is 8.63. The van der Waals surface area contributed by atoms with Crippen molar-refractivity contribution in [2.45, 2.75) is 33.1 Å². The first kappa shape index (κ1) is 12.5. The van der Waals surface area contributed by atoms with Crippen LogP contribution in [0, 0.1) is 13.8 Å². The van der Waals surface area contributed by atoms with Gasteiger partial charge in [0.1, 0.15) is 5.82 Å².